The van der Waals surface area contributed by atoms with Gasteiger partial charge in [0.25, 0.3) is 0 Å². The van der Waals surface area contributed by atoms with Gasteiger partial charge in [-0.1, -0.05) is 0 Å². The first-order valence-corrected chi connectivity index (χ1v) is 3.92. The van der Waals surface area contributed by atoms with Gasteiger partial charge in [-0.15, -0.1) is 0 Å². The van der Waals surface area contributed by atoms with Gasteiger partial charge in [-0.2, -0.15) is 0 Å². The average Bonchev–Trinajstić information content (AvgIpc) is 2.62. The van der Waals surface area contributed by atoms with Crippen molar-refractivity contribution in [2.75, 3.05) is 0 Å². The van der Waals surface area contributed by atoms with Crippen molar-refractivity contribution >= 4 is 17.1 Å². The van der Waals surface area contributed by atoms with Crippen LogP contribution in [0.4, 0.5) is 4.79 Å². The first-order valence-electron chi connectivity index (χ1n) is 3.92. The number of nitrogens with one attached hydrogen (secondary N) is 2. The fraction of sp³-hybridized carbons (Fsp3) is 0. The third-order valence-corrected chi connectivity index (χ3v) is 1.73. The average molecular weight is 192 g/mol. The number of fused-ring (bicyclic) bond motifs is 1. The maximum atomic E-state index is 10.8. The minimum atomic E-state index is -0.713. The molecule has 0 atom stereocenters. The Balaban J connectivity index is 2.38. The second-order valence-electron chi connectivity index (χ2n) is 2.59. The van der Waals surface area contributed by atoms with Crippen molar-refractivity contribution in [3.05, 3.63) is 24.5 Å². The second-order valence-corrected chi connectivity index (χ2v) is 2.59. The van der Waals surface area contributed by atoms with E-state index >= 15 is 0 Å². The van der Waals surface area contributed by atoms with Crippen LogP contribution in [0.2, 0.25) is 0 Å². The summed E-state index contributed by atoms with van der Waals surface area (Å²) in [5, 5.41) is 0.733. The zero-order chi connectivity index (χ0) is 9.97. The van der Waals surface area contributed by atoms with Crippen LogP contribution < -0.4 is 16.0 Å². The number of amides is 1. The Labute approximate surface area is 79.0 Å². The molecule has 0 bridgehead atoms. The molecule has 0 saturated heterocycles. The van der Waals surface area contributed by atoms with Gasteiger partial charge in [0, 0.05) is 12.4 Å². The van der Waals surface area contributed by atoms with Crippen LogP contribution in [0.25, 0.3) is 11.0 Å². The molecule has 0 aliphatic heterocycles. The van der Waals surface area contributed by atoms with Crippen molar-refractivity contribution in [2.24, 2.45) is 5.84 Å². The van der Waals surface area contributed by atoms with Gasteiger partial charge in [-0.05, 0) is 12.1 Å². The molecule has 6 nitrogen and oxygen atoms in total. The minimum absolute atomic E-state index is 0.399. The standard InChI is InChI=1S/C8H8N4O2/c9-12-8(13)14-6-4-11-7-5(6)2-1-3-10-7/h1-4H,9H2,(H,10,11)(H,12,13). The third-order valence-electron chi connectivity index (χ3n) is 1.73. The summed E-state index contributed by atoms with van der Waals surface area (Å²) in [5.41, 5.74) is 2.53. The van der Waals surface area contributed by atoms with E-state index in [-0.39, 0.29) is 0 Å². The number of hydrogen-bond acceptors (Lipinski definition) is 4. The first kappa shape index (κ1) is 8.52. The van der Waals surface area contributed by atoms with E-state index < -0.39 is 6.09 Å². The summed E-state index contributed by atoms with van der Waals surface area (Å²) in [4.78, 5) is 17.7. The molecule has 14 heavy (non-hydrogen) atoms. The van der Waals surface area contributed by atoms with Crippen molar-refractivity contribution in [3.8, 4) is 5.75 Å². The molecule has 6 heteroatoms. The van der Waals surface area contributed by atoms with Gasteiger partial charge in [0.15, 0.2) is 5.75 Å². The van der Waals surface area contributed by atoms with Gasteiger partial charge in [-0.3, -0.25) is 5.43 Å². The van der Waals surface area contributed by atoms with Gasteiger partial charge >= 0.3 is 6.09 Å². The van der Waals surface area contributed by atoms with Crippen LogP contribution in [0.15, 0.2) is 24.5 Å². The number of pyridine rings is 1. The summed E-state index contributed by atoms with van der Waals surface area (Å²) in [6.07, 6.45) is 2.48. The number of aromatic nitrogens is 2. The second kappa shape index (κ2) is 3.35. The van der Waals surface area contributed by atoms with E-state index in [0.29, 0.717) is 11.4 Å². The summed E-state index contributed by atoms with van der Waals surface area (Å²) in [6, 6.07) is 3.54. The van der Waals surface area contributed by atoms with Gasteiger partial charge in [0.05, 0.1) is 5.39 Å². The Hall–Kier alpha value is -2.08. The number of hydrazine groups is 1. The van der Waals surface area contributed by atoms with Gasteiger partial charge in [0.1, 0.15) is 5.65 Å². The van der Waals surface area contributed by atoms with Crippen molar-refractivity contribution < 1.29 is 9.53 Å². The zero-order valence-electron chi connectivity index (χ0n) is 7.15. The largest absolute Gasteiger partial charge is 0.426 e. The van der Waals surface area contributed by atoms with Crippen molar-refractivity contribution in [3.63, 3.8) is 0 Å². The highest BCUT2D eigenvalue weighted by Crippen LogP contribution is 2.22. The van der Waals surface area contributed by atoms with Crippen LogP contribution in [-0.2, 0) is 0 Å². The molecule has 4 N–H and O–H groups in total. The smallest absolute Gasteiger partial charge is 0.407 e. The molecule has 0 aliphatic carbocycles. The highest BCUT2D eigenvalue weighted by molar-refractivity contribution is 5.85. The summed E-state index contributed by atoms with van der Waals surface area (Å²) in [6.45, 7) is 0. The first-order chi connectivity index (χ1) is 6.81. The van der Waals surface area contributed by atoms with E-state index in [1.165, 1.54) is 0 Å². The molecule has 0 aromatic carbocycles. The highest BCUT2D eigenvalue weighted by Gasteiger charge is 2.08. The molecule has 0 fully saturated rings. The molecular weight excluding hydrogens is 184 g/mol. The number of aromatic amines is 1. The lowest BCUT2D eigenvalue weighted by Crippen LogP contribution is -2.32. The van der Waals surface area contributed by atoms with Crippen LogP contribution in [0.5, 0.6) is 5.75 Å². The maximum absolute atomic E-state index is 10.8. The fourth-order valence-electron chi connectivity index (χ4n) is 1.14. The molecular formula is C8H8N4O2. The molecule has 2 heterocycles. The summed E-state index contributed by atoms with van der Waals surface area (Å²) >= 11 is 0. The van der Waals surface area contributed by atoms with Crippen molar-refractivity contribution in [1.29, 1.82) is 0 Å². The third kappa shape index (κ3) is 1.38. The van der Waals surface area contributed by atoms with E-state index in [1.54, 1.807) is 24.5 Å². The van der Waals surface area contributed by atoms with E-state index in [9.17, 15) is 4.79 Å². The Morgan fingerprint density at radius 2 is 2.50 bits per heavy atom. The maximum Gasteiger partial charge on any atom is 0.426 e. The minimum Gasteiger partial charge on any atom is -0.407 e. The number of carbonyl (C=O) groups is 1. The van der Waals surface area contributed by atoms with E-state index in [1.807, 2.05) is 5.43 Å². The molecule has 72 valence electrons. The van der Waals surface area contributed by atoms with E-state index in [2.05, 4.69) is 9.97 Å². The van der Waals surface area contributed by atoms with Crippen LogP contribution in [0.1, 0.15) is 0 Å². The van der Waals surface area contributed by atoms with Gasteiger partial charge in [0.2, 0.25) is 0 Å². The Kier molecular flexibility index (Phi) is 2.04. The quantitative estimate of drug-likeness (QED) is 0.349. The Morgan fingerprint density at radius 1 is 1.64 bits per heavy atom. The van der Waals surface area contributed by atoms with Crippen LogP contribution in [-0.4, -0.2) is 16.1 Å². The number of H-pyrrole nitrogens is 1. The monoisotopic (exact) mass is 192 g/mol. The Bertz CT molecular complexity index is 465. The molecule has 1 amide bonds. The Morgan fingerprint density at radius 3 is 3.29 bits per heavy atom. The van der Waals surface area contributed by atoms with E-state index in [4.69, 9.17) is 10.6 Å². The molecule has 0 unspecified atom stereocenters. The lowest BCUT2D eigenvalue weighted by atomic mass is 10.3. The highest BCUT2D eigenvalue weighted by atomic mass is 16.6. The molecule has 0 spiro atoms. The topological polar surface area (TPSA) is 93.0 Å². The molecule has 0 radical (unpaired) electrons. The molecule has 0 aliphatic rings. The number of nitrogens with zero attached hydrogens (tertiary/aromatic N) is 1. The van der Waals surface area contributed by atoms with Gasteiger partial charge < -0.3 is 9.72 Å². The fourth-order valence-corrected chi connectivity index (χ4v) is 1.14. The number of rotatable bonds is 1. The predicted octanol–water partition coefficient (Wildman–Crippen LogP) is 0.525. The number of carbonyl (C=O) groups excluding carboxylic acids is 1. The number of ether oxygens (including phenoxy) is 1. The van der Waals surface area contributed by atoms with Gasteiger partial charge in [-0.25, -0.2) is 15.6 Å². The number of nitrogens with two attached hydrogens (primary N) is 1. The summed E-state index contributed by atoms with van der Waals surface area (Å²) < 4.78 is 4.87. The van der Waals surface area contributed by atoms with E-state index in [0.717, 1.165) is 5.39 Å². The normalized spacial score (nSPS) is 10.1. The molecule has 2 rings (SSSR count). The predicted molar refractivity (Wildman–Crippen MR) is 49.4 cm³/mol. The molecule has 0 saturated carbocycles. The number of hydrogen-bond donors (Lipinski definition) is 3. The van der Waals surface area contributed by atoms with Crippen molar-refractivity contribution in [1.82, 2.24) is 15.4 Å². The van der Waals surface area contributed by atoms with Crippen LogP contribution in [0, 0.1) is 0 Å². The van der Waals surface area contributed by atoms with Crippen LogP contribution in [0.3, 0.4) is 0 Å². The summed E-state index contributed by atoms with van der Waals surface area (Å²) in [5.74, 6) is 5.28. The lowest BCUT2D eigenvalue weighted by Gasteiger charge is -1.99. The molecule has 2 aromatic rings. The van der Waals surface area contributed by atoms with Crippen LogP contribution >= 0.6 is 0 Å². The summed E-state index contributed by atoms with van der Waals surface area (Å²) in [7, 11) is 0. The lowest BCUT2D eigenvalue weighted by molar-refractivity contribution is 0.201. The SMILES string of the molecule is NNC(=O)Oc1c[nH]c2ncccc12. The molecule has 2 aromatic heterocycles. The van der Waals surface area contributed by atoms with Crippen molar-refractivity contribution in [2.45, 2.75) is 0 Å². The zero-order valence-corrected chi connectivity index (χ0v) is 7.15.